The number of carbonyl (C=O) groups is 2. The van der Waals surface area contributed by atoms with Crippen LogP contribution in [0, 0.1) is 12.8 Å². The minimum absolute atomic E-state index is 0.0378. The number of piperidine rings is 1. The van der Waals surface area contributed by atoms with Crippen molar-refractivity contribution in [1.82, 2.24) is 30.2 Å². The number of likely N-dealkylation sites (tertiary alicyclic amines) is 1. The van der Waals surface area contributed by atoms with E-state index < -0.39 is 0 Å². The first-order chi connectivity index (χ1) is 13.0. The number of hydrogen-bond acceptors (Lipinski definition) is 5. The molecule has 1 atom stereocenters. The van der Waals surface area contributed by atoms with Crippen LogP contribution in [0.1, 0.15) is 40.9 Å². The zero-order valence-corrected chi connectivity index (χ0v) is 15.9. The van der Waals surface area contributed by atoms with Crippen LogP contribution >= 0.6 is 0 Å². The van der Waals surface area contributed by atoms with Crippen LogP contribution in [0.5, 0.6) is 0 Å². The van der Waals surface area contributed by atoms with Gasteiger partial charge in [0.05, 0.1) is 6.20 Å². The number of nitrogens with zero attached hydrogens (tertiary/aromatic N) is 5. The van der Waals surface area contributed by atoms with Gasteiger partial charge >= 0.3 is 0 Å². The van der Waals surface area contributed by atoms with Crippen LogP contribution in [0.25, 0.3) is 0 Å². The summed E-state index contributed by atoms with van der Waals surface area (Å²) in [5, 5.41) is 10.6. The quantitative estimate of drug-likeness (QED) is 0.822. The molecule has 1 N–H and O–H groups in total. The fourth-order valence-corrected chi connectivity index (χ4v) is 3.42. The highest BCUT2D eigenvalue weighted by Gasteiger charge is 2.26. The van der Waals surface area contributed by atoms with E-state index in [9.17, 15) is 9.59 Å². The molecule has 1 fully saturated rings. The minimum atomic E-state index is -0.0505. The second kappa shape index (κ2) is 8.75. The van der Waals surface area contributed by atoms with Crippen LogP contribution in [0.3, 0.4) is 0 Å². The lowest BCUT2D eigenvalue weighted by Crippen LogP contribution is -2.44. The number of aromatic nitrogens is 4. The molecule has 0 aromatic carbocycles. The third kappa shape index (κ3) is 5.12. The average molecular weight is 370 g/mol. The Morgan fingerprint density at radius 2 is 2.15 bits per heavy atom. The monoisotopic (exact) mass is 370 g/mol. The van der Waals surface area contributed by atoms with Crippen LogP contribution in [-0.2, 0) is 18.3 Å². The van der Waals surface area contributed by atoms with E-state index in [4.69, 9.17) is 0 Å². The number of carbonyl (C=O) groups excluding carboxylic acids is 2. The second-order valence-electron chi connectivity index (χ2n) is 7.18. The van der Waals surface area contributed by atoms with Crippen molar-refractivity contribution in [1.29, 1.82) is 0 Å². The Hall–Kier alpha value is -2.77. The molecule has 0 radical (unpaired) electrons. The van der Waals surface area contributed by atoms with Gasteiger partial charge in [-0.2, -0.15) is 0 Å². The topological polar surface area (TPSA) is 93.0 Å². The molecule has 8 nitrogen and oxygen atoms in total. The lowest BCUT2D eigenvalue weighted by Gasteiger charge is -2.32. The highest BCUT2D eigenvalue weighted by Crippen LogP contribution is 2.18. The molecule has 0 aliphatic carbocycles. The molecule has 0 unspecified atom stereocenters. The average Bonchev–Trinajstić information content (AvgIpc) is 3.10. The molecule has 3 heterocycles. The number of aryl methyl sites for hydroxylation is 3. The van der Waals surface area contributed by atoms with Gasteiger partial charge in [-0.1, -0.05) is 11.3 Å². The van der Waals surface area contributed by atoms with Crippen molar-refractivity contribution < 1.29 is 9.59 Å². The number of rotatable bonds is 6. The normalized spacial score (nSPS) is 17.0. The lowest BCUT2D eigenvalue weighted by molar-refractivity contribution is -0.121. The SMILES string of the molecule is Cc1cncc(CCC(=O)NC[C@H]2CCCN(C(=O)c3cnnn3C)C2)c1. The lowest BCUT2D eigenvalue weighted by atomic mass is 9.97. The Morgan fingerprint density at radius 3 is 2.89 bits per heavy atom. The van der Waals surface area contributed by atoms with Gasteiger partial charge in [-0.15, -0.1) is 5.10 Å². The van der Waals surface area contributed by atoms with Crippen LogP contribution in [-0.4, -0.2) is 56.3 Å². The van der Waals surface area contributed by atoms with Crippen molar-refractivity contribution in [2.75, 3.05) is 19.6 Å². The highest BCUT2D eigenvalue weighted by molar-refractivity contribution is 5.92. The first kappa shape index (κ1) is 19.0. The summed E-state index contributed by atoms with van der Waals surface area (Å²) in [5.74, 6) is 0.259. The van der Waals surface area contributed by atoms with Gasteiger partial charge in [0.2, 0.25) is 5.91 Å². The summed E-state index contributed by atoms with van der Waals surface area (Å²) in [6.07, 6.45) is 8.18. The Labute approximate surface area is 159 Å². The fraction of sp³-hybridized carbons (Fsp3) is 0.526. The van der Waals surface area contributed by atoms with Crippen molar-refractivity contribution in [2.24, 2.45) is 13.0 Å². The highest BCUT2D eigenvalue weighted by atomic mass is 16.2. The predicted molar refractivity (Wildman–Crippen MR) is 99.9 cm³/mol. The zero-order chi connectivity index (χ0) is 19.2. The van der Waals surface area contributed by atoms with Crippen LogP contribution in [0.2, 0.25) is 0 Å². The molecule has 1 saturated heterocycles. The molecule has 0 bridgehead atoms. The van der Waals surface area contributed by atoms with Gasteiger partial charge in [0.25, 0.3) is 5.91 Å². The summed E-state index contributed by atoms with van der Waals surface area (Å²) >= 11 is 0. The van der Waals surface area contributed by atoms with E-state index in [0.29, 0.717) is 31.6 Å². The fourth-order valence-electron chi connectivity index (χ4n) is 3.42. The van der Waals surface area contributed by atoms with Crippen LogP contribution < -0.4 is 5.32 Å². The van der Waals surface area contributed by atoms with Gasteiger partial charge < -0.3 is 10.2 Å². The Morgan fingerprint density at radius 1 is 1.30 bits per heavy atom. The maximum absolute atomic E-state index is 12.6. The van der Waals surface area contributed by atoms with Gasteiger partial charge in [-0.3, -0.25) is 14.6 Å². The molecule has 1 aliphatic rings. The van der Waals surface area contributed by atoms with Crippen molar-refractivity contribution >= 4 is 11.8 Å². The van der Waals surface area contributed by atoms with E-state index in [1.54, 1.807) is 19.4 Å². The van der Waals surface area contributed by atoms with Crippen molar-refractivity contribution in [3.05, 3.63) is 41.5 Å². The summed E-state index contributed by atoms with van der Waals surface area (Å²) in [6, 6.07) is 2.05. The summed E-state index contributed by atoms with van der Waals surface area (Å²) in [4.78, 5) is 30.7. The van der Waals surface area contributed by atoms with Gasteiger partial charge in [0.1, 0.15) is 5.69 Å². The number of hydrogen-bond donors (Lipinski definition) is 1. The van der Waals surface area contributed by atoms with Gasteiger partial charge in [-0.25, -0.2) is 4.68 Å². The molecule has 0 spiro atoms. The standard InChI is InChI=1S/C19H26N6O2/c1-14-8-15(10-20-9-14)5-6-18(26)21-11-16-4-3-7-25(13-16)19(27)17-12-22-23-24(17)2/h8-10,12,16H,3-7,11,13H2,1-2H3,(H,21,26)/t16-/m1/s1. The minimum Gasteiger partial charge on any atom is -0.356 e. The molecule has 3 rings (SSSR count). The molecule has 27 heavy (non-hydrogen) atoms. The van der Waals surface area contributed by atoms with E-state index in [1.807, 2.05) is 11.8 Å². The van der Waals surface area contributed by atoms with Crippen molar-refractivity contribution in [3.63, 3.8) is 0 Å². The molecule has 0 saturated carbocycles. The maximum atomic E-state index is 12.6. The number of amides is 2. The molecule has 2 aromatic rings. The molecular formula is C19H26N6O2. The summed E-state index contributed by atoms with van der Waals surface area (Å²) in [7, 11) is 1.71. The first-order valence-electron chi connectivity index (χ1n) is 9.34. The van der Waals surface area contributed by atoms with E-state index in [1.165, 1.54) is 10.9 Å². The number of nitrogens with one attached hydrogen (secondary N) is 1. The van der Waals surface area contributed by atoms with Gasteiger partial charge in [0.15, 0.2) is 0 Å². The van der Waals surface area contributed by atoms with E-state index >= 15 is 0 Å². The van der Waals surface area contributed by atoms with Gasteiger partial charge in [0, 0.05) is 45.5 Å². The molecule has 1 aliphatic heterocycles. The third-order valence-electron chi connectivity index (χ3n) is 4.90. The van der Waals surface area contributed by atoms with E-state index in [0.717, 1.165) is 30.5 Å². The van der Waals surface area contributed by atoms with Crippen molar-refractivity contribution in [2.45, 2.75) is 32.6 Å². The second-order valence-corrected chi connectivity index (χ2v) is 7.18. The van der Waals surface area contributed by atoms with Crippen LogP contribution in [0.15, 0.2) is 24.7 Å². The molecule has 2 amide bonds. The molecule has 144 valence electrons. The number of pyridine rings is 1. The summed E-state index contributed by atoms with van der Waals surface area (Å²) < 4.78 is 1.49. The molecular weight excluding hydrogens is 344 g/mol. The Kier molecular flexibility index (Phi) is 6.16. The first-order valence-corrected chi connectivity index (χ1v) is 9.34. The zero-order valence-electron chi connectivity index (χ0n) is 15.9. The summed E-state index contributed by atoms with van der Waals surface area (Å²) in [5.41, 5.74) is 2.67. The van der Waals surface area contributed by atoms with E-state index in [-0.39, 0.29) is 17.7 Å². The Balaban J connectivity index is 1.44. The Bertz CT molecular complexity index is 803. The maximum Gasteiger partial charge on any atom is 0.273 e. The molecule has 2 aromatic heterocycles. The summed E-state index contributed by atoms with van der Waals surface area (Å²) in [6.45, 7) is 3.97. The third-order valence-corrected chi connectivity index (χ3v) is 4.90. The predicted octanol–water partition coefficient (Wildman–Crippen LogP) is 1.12. The smallest absolute Gasteiger partial charge is 0.273 e. The molecule has 8 heteroatoms. The largest absolute Gasteiger partial charge is 0.356 e. The van der Waals surface area contributed by atoms with Gasteiger partial charge in [-0.05, 0) is 43.2 Å². The van der Waals surface area contributed by atoms with Crippen molar-refractivity contribution in [3.8, 4) is 0 Å². The van der Waals surface area contributed by atoms with Crippen LogP contribution in [0.4, 0.5) is 0 Å². The van der Waals surface area contributed by atoms with E-state index in [2.05, 4.69) is 26.7 Å².